The van der Waals surface area contributed by atoms with Crippen molar-refractivity contribution < 1.29 is 33.6 Å². The number of aliphatic hydroxyl groups excluding tert-OH is 1. The van der Waals surface area contributed by atoms with E-state index in [0.717, 1.165) is 58.2 Å². The fraction of sp³-hybridized carbons (Fsp3) is 0.906. The van der Waals surface area contributed by atoms with Crippen molar-refractivity contribution in [3.63, 3.8) is 0 Å². The molecular formula is C32H61N2O7. The summed E-state index contributed by atoms with van der Waals surface area (Å²) in [6.07, 6.45) is 15.5. The highest BCUT2D eigenvalue weighted by Gasteiger charge is 2.17. The first-order valence-electron chi connectivity index (χ1n) is 16.5. The van der Waals surface area contributed by atoms with Gasteiger partial charge in [-0.25, -0.2) is 4.79 Å². The number of esters is 1. The molecule has 0 aliphatic carbocycles. The van der Waals surface area contributed by atoms with E-state index in [0.29, 0.717) is 26.2 Å². The fourth-order valence-electron chi connectivity index (χ4n) is 4.68. The maximum atomic E-state index is 12.4. The molecule has 0 spiro atoms. The van der Waals surface area contributed by atoms with Crippen LogP contribution in [0.2, 0.25) is 0 Å². The van der Waals surface area contributed by atoms with Crippen LogP contribution >= 0.6 is 0 Å². The molecule has 1 amide bonds. The molecule has 1 aliphatic heterocycles. The van der Waals surface area contributed by atoms with Gasteiger partial charge in [0.25, 0.3) is 0 Å². The van der Waals surface area contributed by atoms with Gasteiger partial charge in [0, 0.05) is 51.7 Å². The van der Waals surface area contributed by atoms with E-state index < -0.39 is 12.4 Å². The van der Waals surface area contributed by atoms with E-state index in [4.69, 9.17) is 18.9 Å². The third-order valence-corrected chi connectivity index (χ3v) is 7.37. The molecule has 9 heteroatoms. The van der Waals surface area contributed by atoms with Gasteiger partial charge >= 0.3 is 12.1 Å². The molecule has 0 saturated carbocycles. The van der Waals surface area contributed by atoms with Crippen LogP contribution in [0.25, 0.3) is 0 Å². The number of likely N-dealkylation sites (tertiary alicyclic amines) is 1. The van der Waals surface area contributed by atoms with Crippen molar-refractivity contribution in [3.05, 3.63) is 6.92 Å². The number of nitrogens with one attached hydrogen (secondary N) is 1. The average molecular weight is 586 g/mol. The zero-order valence-corrected chi connectivity index (χ0v) is 26.3. The SMILES string of the molecule is [CH2]C(COC(=O)CCC(OCCCCCCCC)OCCCCCCCC)COC(=O)NCCN1CCC(O)CC1. The van der Waals surface area contributed by atoms with E-state index in [2.05, 4.69) is 31.0 Å². The summed E-state index contributed by atoms with van der Waals surface area (Å²) in [5, 5.41) is 12.3. The first kappa shape index (κ1) is 37.6. The van der Waals surface area contributed by atoms with Gasteiger partial charge in [-0.2, -0.15) is 0 Å². The molecule has 1 radical (unpaired) electrons. The normalized spacial score (nSPS) is 15.2. The maximum absolute atomic E-state index is 12.4. The van der Waals surface area contributed by atoms with Crippen molar-refractivity contribution in [2.75, 3.05) is 52.6 Å². The van der Waals surface area contributed by atoms with Crippen molar-refractivity contribution in [3.8, 4) is 0 Å². The second-order valence-electron chi connectivity index (χ2n) is 11.4. The number of hydrogen-bond donors (Lipinski definition) is 2. The summed E-state index contributed by atoms with van der Waals surface area (Å²) in [6, 6.07) is 0. The molecule has 41 heavy (non-hydrogen) atoms. The van der Waals surface area contributed by atoms with Crippen LogP contribution in [0.3, 0.4) is 0 Å². The molecule has 0 aromatic carbocycles. The fourth-order valence-corrected chi connectivity index (χ4v) is 4.68. The van der Waals surface area contributed by atoms with Gasteiger partial charge in [0.2, 0.25) is 0 Å². The third kappa shape index (κ3) is 22.8. The Morgan fingerprint density at radius 2 is 1.39 bits per heavy atom. The summed E-state index contributed by atoms with van der Waals surface area (Å²) in [5.41, 5.74) is 0. The number of piperidine rings is 1. The number of ether oxygens (including phenoxy) is 4. The summed E-state index contributed by atoms with van der Waals surface area (Å²) in [7, 11) is 0. The number of carbonyl (C=O) groups excluding carboxylic acids is 2. The molecule has 1 saturated heterocycles. The molecule has 2 N–H and O–H groups in total. The third-order valence-electron chi connectivity index (χ3n) is 7.37. The van der Waals surface area contributed by atoms with Crippen LogP contribution in [0.15, 0.2) is 0 Å². The molecule has 0 aromatic rings. The lowest BCUT2D eigenvalue weighted by molar-refractivity contribution is -0.160. The van der Waals surface area contributed by atoms with E-state index in [1.54, 1.807) is 0 Å². The maximum Gasteiger partial charge on any atom is 0.407 e. The highest BCUT2D eigenvalue weighted by molar-refractivity contribution is 5.69. The zero-order valence-electron chi connectivity index (χ0n) is 26.3. The van der Waals surface area contributed by atoms with Gasteiger partial charge < -0.3 is 34.3 Å². The van der Waals surface area contributed by atoms with Gasteiger partial charge in [-0.3, -0.25) is 4.79 Å². The van der Waals surface area contributed by atoms with E-state index in [9.17, 15) is 14.7 Å². The Morgan fingerprint density at radius 3 is 1.98 bits per heavy atom. The first-order chi connectivity index (χ1) is 19.9. The summed E-state index contributed by atoms with van der Waals surface area (Å²) in [6.45, 7) is 12.7. The summed E-state index contributed by atoms with van der Waals surface area (Å²) in [5.74, 6) is -0.678. The predicted octanol–water partition coefficient (Wildman–Crippen LogP) is 6.02. The summed E-state index contributed by atoms with van der Waals surface area (Å²) in [4.78, 5) is 26.5. The number of carbonyl (C=O) groups is 2. The summed E-state index contributed by atoms with van der Waals surface area (Å²) >= 11 is 0. The lowest BCUT2D eigenvalue weighted by atomic mass is 10.1. The highest BCUT2D eigenvalue weighted by Crippen LogP contribution is 2.12. The van der Waals surface area contributed by atoms with Gasteiger partial charge in [0.05, 0.1) is 25.7 Å². The Labute approximate surface area is 250 Å². The van der Waals surface area contributed by atoms with Crippen LogP contribution in [0.1, 0.15) is 117 Å². The van der Waals surface area contributed by atoms with E-state index in [1.165, 1.54) is 51.4 Å². The van der Waals surface area contributed by atoms with Crippen molar-refractivity contribution in [1.82, 2.24) is 10.2 Å². The molecule has 0 bridgehead atoms. The molecule has 241 valence electrons. The second kappa shape index (κ2) is 26.2. The molecule has 0 aromatic heterocycles. The van der Waals surface area contributed by atoms with Crippen molar-refractivity contribution in [2.24, 2.45) is 5.92 Å². The Hall–Kier alpha value is -1.42. The number of alkyl carbamates (subject to hydrolysis) is 1. The number of nitrogens with zero attached hydrogens (tertiary/aromatic N) is 1. The van der Waals surface area contributed by atoms with Crippen LogP contribution in [0.4, 0.5) is 4.79 Å². The Kier molecular flexibility index (Phi) is 24.1. The minimum atomic E-state index is -0.505. The van der Waals surface area contributed by atoms with Gasteiger partial charge in [0.15, 0.2) is 6.29 Å². The van der Waals surface area contributed by atoms with Crippen molar-refractivity contribution in [1.29, 1.82) is 0 Å². The minimum absolute atomic E-state index is 0.0698. The molecule has 1 aliphatic rings. The van der Waals surface area contributed by atoms with Crippen molar-refractivity contribution >= 4 is 12.1 Å². The Balaban J connectivity index is 2.20. The number of hydrogen-bond acceptors (Lipinski definition) is 8. The van der Waals surface area contributed by atoms with E-state index in [-0.39, 0.29) is 37.6 Å². The standard InChI is InChI=1S/C32H61N2O7/c1-4-6-8-10-12-14-24-38-31(39-25-15-13-11-9-7-5-2)17-16-30(36)40-26-28(3)27-41-32(37)33-20-23-34-21-18-29(35)19-22-34/h28-29,31,35H,3-27H2,1-2H3,(H,33,37). The number of aliphatic hydroxyl groups is 1. The lowest BCUT2D eigenvalue weighted by Crippen LogP contribution is -2.41. The Bertz CT molecular complexity index is 611. The van der Waals surface area contributed by atoms with E-state index in [1.807, 2.05) is 0 Å². The average Bonchev–Trinajstić information content (AvgIpc) is 2.97. The first-order valence-corrected chi connectivity index (χ1v) is 16.5. The highest BCUT2D eigenvalue weighted by atomic mass is 16.7. The largest absolute Gasteiger partial charge is 0.465 e. The smallest absolute Gasteiger partial charge is 0.407 e. The minimum Gasteiger partial charge on any atom is -0.465 e. The summed E-state index contributed by atoms with van der Waals surface area (Å²) < 4.78 is 22.6. The van der Waals surface area contributed by atoms with Gasteiger partial charge in [-0.15, -0.1) is 0 Å². The van der Waals surface area contributed by atoms with Crippen LogP contribution in [0.5, 0.6) is 0 Å². The monoisotopic (exact) mass is 585 g/mol. The van der Waals surface area contributed by atoms with Crippen LogP contribution in [-0.4, -0.2) is 87.1 Å². The molecule has 1 rings (SSSR count). The second-order valence-corrected chi connectivity index (χ2v) is 11.4. The number of amides is 1. The Morgan fingerprint density at radius 1 is 0.854 bits per heavy atom. The molecule has 1 atom stereocenters. The lowest BCUT2D eigenvalue weighted by Gasteiger charge is -2.29. The number of unbranched alkanes of at least 4 members (excludes halogenated alkanes) is 10. The molecule has 9 nitrogen and oxygen atoms in total. The van der Waals surface area contributed by atoms with Crippen molar-refractivity contribution in [2.45, 2.75) is 129 Å². The zero-order chi connectivity index (χ0) is 30.0. The predicted molar refractivity (Wildman–Crippen MR) is 163 cm³/mol. The van der Waals surface area contributed by atoms with E-state index >= 15 is 0 Å². The molecule has 1 heterocycles. The number of rotatable bonds is 26. The quantitative estimate of drug-likeness (QED) is 0.0721. The van der Waals surface area contributed by atoms with Gasteiger partial charge in [-0.05, 0) is 32.6 Å². The molecular weight excluding hydrogens is 524 g/mol. The van der Waals surface area contributed by atoms with Gasteiger partial charge in [-0.1, -0.05) is 78.1 Å². The molecule has 1 fully saturated rings. The van der Waals surface area contributed by atoms with Crippen LogP contribution in [0, 0.1) is 12.8 Å². The van der Waals surface area contributed by atoms with Gasteiger partial charge in [0.1, 0.15) is 0 Å². The van der Waals surface area contributed by atoms with Crippen LogP contribution < -0.4 is 5.32 Å². The van der Waals surface area contributed by atoms with Crippen LogP contribution in [-0.2, 0) is 23.7 Å². The molecule has 1 unspecified atom stereocenters. The topological polar surface area (TPSA) is 107 Å².